The molecular weight excluding hydrogens is 1100 g/mol. The van der Waals surface area contributed by atoms with E-state index < -0.39 is 32.5 Å². The van der Waals surface area contributed by atoms with Gasteiger partial charge in [-0.15, -0.1) is 0 Å². The summed E-state index contributed by atoms with van der Waals surface area (Å²) in [5.41, 5.74) is 0. The molecule has 0 aliphatic heterocycles. The van der Waals surface area contributed by atoms with Gasteiger partial charge < -0.3 is 27.9 Å². The summed E-state index contributed by atoms with van der Waals surface area (Å²) >= 11 is 0. The van der Waals surface area contributed by atoms with E-state index in [2.05, 4.69) is 135 Å². The van der Waals surface area contributed by atoms with Gasteiger partial charge in [0.25, 0.3) is 7.82 Å². The number of esters is 2. The van der Waals surface area contributed by atoms with Gasteiger partial charge in [0.05, 0.1) is 27.7 Å². The highest BCUT2D eigenvalue weighted by Gasteiger charge is 2.22. The van der Waals surface area contributed by atoms with Crippen LogP contribution in [0.5, 0.6) is 0 Å². The summed E-state index contributed by atoms with van der Waals surface area (Å²) in [5.74, 6) is -0.881. The van der Waals surface area contributed by atoms with Gasteiger partial charge >= 0.3 is 11.9 Å². The Bertz CT molecular complexity index is 1880. The minimum atomic E-state index is -4.66. The number of hydrogen-bond acceptors (Lipinski definition) is 8. The number of likely N-dealkylation sites (N-methyl/N-ethyl adjacent to an activating group) is 1. The van der Waals surface area contributed by atoms with Crippen LogP contribution in [-0.2, 0) is 32.7 Å². The fraction of sp³-hybridized carbons (Fsp3) is 0.714. The minimum Gasteiger partial charge on any atom is -0.756 e. The molecule has 0 rings (SSSR count). The lowest BCUT2D eigenvalue weighted by Gasteiger charge is -2.28. The molecular formula is C77H134NO8P. The van der Waals surface area contributed by atoms with E-state index in [1.54, 1.807) is 0 Å². The van der Waals surface area contributed by atoms with Gasteiger partial charge in [0.1, 0.15) is 19.8 Å². The van der Waals surface area contributed by atoms with Crippen molar-refractivity contribution >= 4 is 19.8 Å². The van der Waals surface area contributed by atoms with Gasteiger partial charge in [-0.1, -0.05) is 322 Å². The number of allylic oxidation sites excluding steroid dienone is 20. The van der Waals surface area contributed by atoms with Crippen molar-refractivity contribution < 1.29 is 42.1 Å². The zero-order valence-corrected chi connectivity index (χ0v) is 57.8. The molecule has 0 aromatic heterocycles. The molecule has 500 valence electrons. The molecule has 0 aliphatic carbocycles. The fourth-order valence-corrected chi connectivity index (χ4v) is 10.5. The van der Waals surface area contributed by atoms with Crippen LogP contribution >= 0.6 is 7.82 Å². The second kappa shape index (κ2) is 66.8. The number of quaternary nitrogens is 1. The Hall–Kier alpha value is -3.59. The molecule has 0 bridgehead atoms. The summed E-state index contributed by atoms with van der Waals surface area (Å²) in [4.78, 5) is 38.1. The molecule has 0 aliphatic rings. The van der Waals surface area contributed by atoms with Crippen molar-refractivity contribution in [3.63, 3.8) is 0 Å². The Morgan fingerprint density at radius 3 is 0.977 bits per heavy atom. The molecule has 0 N–H and O–H groups in total. The first-order valence-electron chi connectivity index (χ1n) is 35.7. The van der Waals surface area contributed by atoms with E-state index in [9.17, 15) is 19.0 Å². The summed E-state index contributed by atoms with van der Waals surface area (Å²) in [6.45, 7) is 4.10. The highest BCUT2D eigenvalue weighted by atomic mass is 31.2. The Morgan fingerprint density at radius 2 is 0.655 bits per heavy atom. The molecule has 87 heavy (non-hydrogen) atoms. The standard InChI is InChI=1S/C77H134NO8P/c1-6-8-10-12-14-16-18-20-22-24-26-28-30-32-34-36-38-39-40-42-44-46-48-50-52-54-56-58-60-62-64-66-68-70-77(80)86-75(74-85-87(81,82)84-72-71-78(3,4)5)73-83-76(79)69-67-65-63-61-59-57-55-53-51-49-47-45-43-41-37-35-33-31-29-27-25-23-21-19-17-15-13-11-9-7-2/h8,10,14,16,20,22,26,28,32,34,38-39,42,44,48,50,54,56,60,62,75H,6-7,9,11-13,15,17-19,21,23-25,27,29-31,33,35-37,40-41,43,45-47,49,51-53,55,57-59,61,63-74H2,1-5H3/b10-8-,16-14-,22-20-,28-26-,34-32-,39-38-,44-42-,50-48-,56-54-,62-60-. The van der Waals surface area contributed by atoms with Crippen LogP contribution in [0.4, 0.5) is 0 Å². The Balaban J connectivity index is 4.15. The van der Waals surface area contributed by atoms with E-state index in [0.29, 0.717) is 17.4 Å². The van der Waals surface area contributed by atoms with Crippen LogP contribution in [0.1, 0.15) is 303 Å². The van der Waals surface area contributed by atoms with Crippen LogP contribution in [0.3, 0.4) is 0 Å². The molecule has 2 unspecified atom stereocenters. The molecule has 0 radical (unpaired) electrons. The molecule has 0 amide bonds. The third-order valence-corrected chi connectivity index (χ3v) is 16.2. The Kier molecular flexibility index (Phi) is 64.1. The van der Waals surface area contributed by atoms with Crippen LogP contribution in [0.2, 0.25) is 0 Å². The molecule has 10 heteroatoms. The van der Waals surface area contributed by atoms with Crippen molar-refractivity contribution in [2.24, 2.45) is 0 Å². The average molecular weight is 1230 g/mol. The monoisotopic (exact) mass is 1230 g/mol. The lowest BCUT2D eigenvalue weighted by molar-refractivity contribution is -0.870. The SMILES string of the molecule is CC/C=C\C/C=C\C/C=C\C/C=C\C/C=C\C/C=C\C/C=C\C/C=C\C/C=C\C/C=C\CCCCC(=O)OC(COC(=O)CCCCCCCCCCCCCCCCCCCCCCCCCCCCCCCC)COP(=O)([O-])OCC[N+](C)(C)C. The number of phosphoric ester groups is 1. The summed E-state index contributed by atoms with van der Waals surface area (Å²) in [7, 11) is 1.13. The second-order valence-electron chi connectivity index (χ2n) is 24.9. The maximum atomic E-state index is 12.8. The van der Waals surface area contributed by atoms with Crippen molar-refractivity contribution in [3.05, 3.63) is 122 Å². The molecule has 0 saturated carbocycles. The van der Waals surface area contributed by atoms with Gasteiger partial charge in [0.2, 0.25) is 0 Å². The van der Waals surface area contributed by atoms with E-state index in [-0.39, 0.29) is 26.1 Å². The highest BCUT2D eigenvalue weighted by molar-refractivity contribution is 7.45. The Morgan fingerprint density at radius 1 is 0.368 bits per heavy atom. The van der Waals surface area contributed by atoms with E-state index in [0.717, 1.165) is 96.3 Å². The fourth-order valence-electron chi connectivity index (χ4n) is 9.80. The number of carbonyl (C=O) groups excluding carboxylic acids is 2. The van der Waals surface area contributed by atoms with Gasteiger partial charge in [0.15, 0.2) is 6.10 Å². The number of unbranched alkanes of at least 4 members (excludes halogenated alkanes) is 31. The smallest absolute Gasteiger partial charge is 0.306 e. The maximum Gasteiger partial charge on any atom is 0.306 e. The van der Waals surface area contributed by atoms with Crippen LogP contribution in [0.15, 0.2) is 122 Å². The zero-order valence-electron chi connectivity index (χ0n) is 56.9. The number of rotatable bonds is 65. The second-order valence-corrected chi connectivity index (χ2v) is 26.3. The van der Waals surface area contributed by atoms with Gasteiger partial charge in [-0.05, 0) is 89.9 Å². The number of ether oxygens (including phenoxy) is 2. The maximum absolute atomic E-state index is 12.8. The zero-order chi connectivity index (χ0) is 63.4. The van der Waals surface area contributed by atoms with E-state index in [1.165, 1.54) is 173 Å². The first kappa shape index (κ1) is 83.4. The summed E-state index contributed by atoms with van der Waals surface area (Å²) in [5, 5.41) is 0. The first-order chi connectivity index (χ1) is 42.5. The normalized spacial score (nSPS) is 13.9. The molecule has 0 heterocycles. The number of phosphoric acid groups is 1. The molecule has 0 saturated heterocycles. The van der Waals surface area contributed by atoms with E-state index >= 15 is 0 Å². The summed E-state index contributed by atoms with van der Waals surface area (Å²) < 4.78 is 34.3. The van der Waals surface area contributed by atoms with Gasteiger partial charge in [-0.25, -0.2) is 0 Å². The molecule has 0 aromatic carbocycles. The average Bonchev–Trinajstić information content (AvgIpc) is 3.50. The lowest BCUT2D eigenvalue weighted by Crippen LogP contribution is -2.37. The third kappa shape index (κ3) is 71.4. The van der Waals surface area contributed by atoms with Crippen molar-refractivity contribution in [3.8, 4) is 0 Å². The summed E-state index contributed by atoms with van der Waals surface area (Å²) in [6.07, 6.45) is 95.8. The van der Waals surface area contributed by atoms with Gasteiger partial charge in [-0.3, -0.25) is 14.2 Å². The van der Waals surface area contributed by atoms with Crippen molar-refractivity contribution in [2.75, 3.05) is 47.5 Å². The van der Waals surface area contributed by atoms with Gasteiger partial charge in [-0.2, -0.15) is 0 Å². The molecule has 9 nitrogen and oxygen atoms in total. The predicted octanol–water partition coefficient (Wildman–Crippen LogP) is 22.8. The van der Waals surface area contributed by atoms with Gasteiger partial charge in [0, 0.05) is 12.8 Å². The summed E-state index contributed by atoms with van der Waals surface area (Å²) in [6, 6.07) is 0. The van der Waals surface area contributed by atoms with Crippen LogP contribution in [0.25, 0.3) is 0 Å². The van der Waals surface area contributed by atoms with Crippen molar-refractivity contribution in [1.82, 2.24) is 0 Å². The number of hydrogen-bond donors (Lipinski definition) is 0. The van der Waals surface area contributed by atoms with Crippen LogP contribution in [0, 0.1) is 0 Å². The molecule has 2 atom stereocenters. The molecule has 0 aromatic rings. The Labute approximate surface area is 537 Å². The number of nitrogens with zero attached hydrogens (tertiary/aromatic N) is 1. The van der Waals surface area contributed by atoms with E-state index in [1.807, 2.05) is 21.1 Å². The quantitative estimate of drug-likeness (QED) is 0.0195. The van der Waals surface area contributed by atoms with Crippen LogP contribution < -0.4 is 4.89 Å². The van der Waals surface area contributed by atoms with Crippen molar-refractivity contribution in [2.45, 2.75) is 309 Å². The lowest BCUT2D eigenvalue weighted by atomic mass is 10.0. The highest BCUT2D eigenvalue weighted by Crippen LogP contribution is 2.38. The van der Waals surface area contributed by atoms with E-state index in [4.69, 9.17) is 18.5 Å². The topological polar surface area (TPSA) is 111 Å². The van der Waals surface area contributed by atoms with Crippen LogP contribution in [-0.4, -0.2) is 70.0 Å². The number of carbonyl (C=O) groups is 2. The first-order valence-corrected chi connectivity index (χ1v) is 37.2. The predicted molar refractivity (Wildman–Crippen MR) is 374 cm³/mol. The largest absolute Gasteiger partial charge is 0.756 e. The minimum absolute atomic E-state index is 0.0444. The molecule has 0 spiro atoms. The molecule has 0 fully saturated rings. The van der Waals surface area contributed by atoms with Crippen molar-refractivity contribution in [1.29, 1.82) is 0 Å². The third-order valence-electron chi connectivity index (χ3n) is 15.2.